The smallest absolute Gasteiger partial charge is 0.242 e. The number of hydrogen-bond acceptors (Lipinski definition) is 4. The van der Waals surface area contributed by atoms with Gasteiger partial charge in [0.05, 0.1) is 20.8 Å². The monoisotopic (exact) mass is 264 g/mol. The van der Waals surface area contributed by atoms with Gasteiger partial charge in [-0.1, -0.05) is 0 Å². The molecule has 0 saturated carbocycles. The summed E-state index contributed by atoms with van der Waals surface area (Å²) in [5.74, 6) is 1.55. The number of carbonyl (C=O) groups is 1. The maximum atomic E-state index is 11.9. The second-order valence-electron chi connectivity index (χ2n) is 4.43. The average Bonchev–Trinajstić information content (AvgIpc) is 2.46. The van der Waals surface area contributed by atoms with E-state index in [1.165, 1.54) is 0 Å². The third-order valence-electron chi connectivity index (χ3n) is 3.43. The standard InChI is InChI=1S/C14H20N2O3/c1-4-15-7-8-16(10-14(15)17)11-5-6-12(18-2)13(9-11)19-3/h5-6,9H,4,7-8,10H2,1-3H3. The summed E-state index contributed by atoms with van der Waals surface area (Å²) in [6.07, 6.45) is 0. The zero-order chi connectivity index (χ0) is 13.8. The Bertz CT molecular complexity index is 462. The molecule has 5 nitrogen and oxygen atoms in total. The van der Waals surface area contributed by atoms with Gasteiger partial charge in [0.25, 0.3) is 0 Å². The highest BCUT2D eigenvalue weighted by atomic mass is 16.5. The quantitative estimate of drug-likeness (QED) is 0.824. The number of rotatable bonds is 4. The van der Waals surface area contributed by atoms with Crippen molar-refractivity contribution < 1.29 is 14.3 Å². The molecule has 1 aromatic carbocycles. The van der Waals surface area contributed by atoms with Crippen molar-refractivity contribution in [2.24, 2.45) is 0 Å². The van der Waals surface area contributed by atoms with E-state index in [1.54, 1.807) is 14.2 Å². The molecule has 5 heteroatoms. The highest BCUT2D eigenvalue weighted by Crippen LogP contribution is 2.31. The second-order valence-corrected chi connectivity index (χ2v) is 4.43. The number of benzene rings is 1. The number of ether oxygens (including phenoxy) is 2. The van der Waals surface area contributed by atoms with Gasteiger partial charge in [0, 0.05) is 31.4 Å². The Hall–Kier alpha value is -1.91. The van der Waals surface area contributed by atoms with E-state index in [9.17, 15) is 4.79 Å². The molecule has 0 aromatic heterocycles. The molecule has 0 aliphatic carbocycles. The van der Waals surface area contributed by atoms with Crippen LogP contribution in [0.5, 0.6) is 11.5 Å². The van der Waals surface area contributed by atoms with Crippen molar-refractivity contribution in [2.45, 2.75) is 6.92 Å². The summed E-state index contributed by atoms with van der Waals surface area (Å²) in [5.41, 5.74) is 0.988. The lowest BCUT2D eigenvalue weighted by molar-refractivity contribution is -0.130. The first kappa shape index (κ1) is 13.5. The number of anilines is 1. The molecular formula is C14H20N2O3. The molecule has 1 aliphatic heterocycles. The normalized spacial score (nSPS) is 15.6. The van der Waals surface area contributed by atoms with Crippen LogP contribution in [-0.4, -0.2) is 51.2 Å². The SMILES string of the molecule is CCN1CCN(c2ccc(OC)c(OC)c2)CC1=O. The largest absolute Gasteiger partial charge is 0.493 e. The van der Waals surface area contributed by atoms with Crippen LogP contribution in [-0.2, 0) is 4.79 Å². The lowest BCUT2D eigenvalue weighted by atomic mass is 10.2. The fourth-order valence-corrected chi connectivity index (χ4v) is 2.28. The first-order valence-corrected chi connectivity index (χ1v) is 6.44. The molecule has 1 fully saturated rings. The Morgan fingerprint density at radius 1 is 1.16 bits per heavy atom. The van der Waals surface area contributed by atoms with Gasteiger partial charge in [0.2, 0.25) is 5.91 Å². The van der Waals surface area contributed by atoms with Crippen LogP contribution >= 0.6 is 0 Å². The minimum absolute atomic E-state index is 0.170. The molecule has 0 spiro atoms. The van der Waals surface area contributed by atoms with Crippen LogP contribution in [0.3, 0.4) is 0 Å². The van der Waals surface area contributed by atoms with Crippen molar-refractivity contribution in [2.75, 3.05) is 45.3 Å². The van der Waals surface area contributed by atoms with E-state index >= 15 is 0 Å². The van der Waals surface area contributed by atoms with Crippen LogP contribution < -0.4 is 14.4 Å². The second kappa shape index (κ2) is 5.82. The number of carbonyl (C=O) groups excluding carboxylic acids is 1. The molecule has 1 amide bonds. The maximum absolute atomic E-state index is 11.9. The van der Waals surface area contributed by atoms with Crippen LogP contribution in [0.2, 0.25) is 0 Å². The number of hydrogen-bond donors (Lipinski definition) is 0. The predicted molar refractivity (Wildman–Crippen MR) is 74.0 cm³/mol. The van der Waals surface area contributed by atoms with Gasteiger partial charge < -0.3 is 19.3 Å². The van der Waals surface area contributed by atoms with Crippen molar-refractivity contribution in [1.29, 1.82) is 0 Å². The Morgan fingerprint density at radius 3 is 2.47 bits per heavy atom. The first-order valence-electron chi connectivity index (χ1n) is 6.44. The highest BCUT2D eigenvalue weighted by Gasteiger charge is 2.23. The molecule has 1 heterocycles. The summed E-state index contributed by atoms with van der Waals surface area (Å²) in [7, 11) is 3.23. The van der Waals surface area contributed by atoms with Gasteiger partial charge >= 0.3 is 0 Å². The Morgan fingerprint density at radius 2 is 1.89 bits per heavy atom. The van der Waals surface area contributed by atoms with Crippen LogP contribution in [0, 0.1) is 0 Å². The summed E-state index contributed by atoms with van der Waals surface area (Å²) in [6.45, 7) is 4.81. The van der Waals surface area contributed by atoms with Gasteiger partial charge in [0.15, 0.2) is 11.5 Å². The zero-order valence-electron chi connectivity index (χ0n) is 11.7. The summed E-state index contributed by atoms with van der Waals surface area (Å²) in [5, 5.41) is 0. The van der Waals surface area contributed by atoms with E-state index < -0.39 is 0 Å². The minimum Gasteiger partial charge on any atom is -0.493 e. The molecule has 0 unspecified atom stereocenters. The predicted octanol–water partition coefficient (Wildman–Crippen LogP) is 1.37. The molecule has 0 radical (unpaired) electrons. The van der Waals surface area contributed by atoms with E-state index in [2.05, 4.69) is 4.90 Å². The third-order valence-corrected chi connectivity index (χ3v) is 3.43. The fourth-order valence-electron chi connectivity index (χ4n) is 2.28. The van der Waals surface area contributed by atoms with Crippen LogP contribution in [0.4, 0.5) is 5.69 Å². The average molecular weight is 264 g/mol. The molecule has 0 bridgehead atoms. The van der Waals surface area contributed by atoms with E-state index in [4.69, 9.17) is 9.47 Å². The summed E-state index contributed by atoms with van der Waals surface area (Å²) in [6, 6.07) is 5.73. The summed E-state index contributed by atoms with van der Waals surface area (Å²) < 4.78 is 10.5. The molecule has 1 saturated heterocycles. The van der Waals surface area contributed by atoms with Gasteiger partial charge in [-0.25, -0.2) is 0 Å². The number of methoxy groups -OCH3 is 2. The van der Waals surface area contributed by atoms with Crippen molar-refractivity contribution in [3.05, 3.63) is 18.2 Å². The number of amides is 1. The number of nitrogens with zero attached hydrogens (tertiary/aromatic N) is 2. The lowest BCUT2D eigenvalue weighted by Crippen LogP contribution is -2.50. The maximum Gasteiger partial charge on any atom is 0.242 e. The van der Waals surface area contributed by atoms with Gasteiger partial charge in [-0.15, -0.1) is 0 Å². The molecule has 1 aliphatic rings. The van der Waals surface area contributed by atoms with E-state index in [0.717, 1.165) is 25.3 Å². The fraction of sp³-hybridized carbons (Fsp3) is 0.500. The van der Waals surface area contributed by atoms with E-state index in [-0.39, 0.29) is 5.91 Å². The molecule has 104 valence electrons. The molecule has 0 N–H and O–H groups in total. The Labute approximate surface area is 113 Å². The van der Waals surface area contributed by atoms with E-state index in [0.29, 0.717) is 18.0 Å². The van der Waals surface area contributed by atoms with Gasteiger partial charge in [-0.05, 0) is 19.1 Å². The summed E-state index contributed by atoms with van der Waals surface area (Å²) in [4.78, 5) is 15.9. The summed E-state index contributed by atoms with van der Waals surface area (Å²) >= 11 is 0. The number of piperazine rings is 1. The third kappa shape index (κ3) is 2.75. The molecule has 19 heavy (non-hydrogen) atoms. The van der Waals surface area contributed by atoms with Crippen LogP contribution in [0.1, 0.15) is 6.92 Å². The Balaban J connectivity index is 2.17. The van der Waals surface area contributed by atoms with Gasteiger partial charge in [0.1, 0.15) is 0 Å². The number of likely N-dealkylation sites (N-methyl/N-ethyl adjacent to an activating group) is 1. The Kier molecular flexibility index (Phi) is 4.14. The molecule has 1 aromatic rings. The van der Waals surface area contributed by atoms with Crippen molar-refractivity contribution in [3.63, 3.8) is 0 Å². The molecule has 2 rings (SSSR count). The highest BCUT2D eigenvalue weighted by molar-refractivity contribution is 5.83. The van der Waals surface area contributed by atoms with Crippen molar-refractivity contribution in [3.8, 4) is 11.5 Å². The van der Waals surface area contributed by atoms with Crippen LogP contribution in [0.25, 0.3) is 0 Å². The van der Waals surface area contributed by atoms with Gasteiger partial charge in [-0.2, -0.15) is 0 Å². The lowest BCUT2D eigenvalue weighted by Gasteiger charge is -2.35. The molecule has 0 atom stereocenters. The van der Waals surface area contributed by atoms with Crippen LogP contribution in [0.15, 0.2) is 18.2 Å². The van der Waals surface area contributed by atoms with Crippen molar-refractivity contribution >= 4 is 11.6 Å². The molecular weight excluding hydrogens is 244 g/mol. The van der Waals surface area contributed by atoms with Gasteiger partial charge in [-0.3, -0.25) is 4.79 Å². The van der Waals surface area contributed by atoms with E-state index in [1.807, 2.05) is 30.0 Å². The van der Waals surface area contributed by atoms with Crippen molar-refractivity contribution in [1.82, 2.24) is 4.90 Å². The minimum atomic E-state index is 0.170. The zero-order valence-corrected chi connectivity index (χ0v) is 11.7. The topological polar surface area (TPSA) is 42.0 Å². The first-order chi connectivity index (χ1) is 9.19.